The predicted molar refractivity (Wildman–Crippen MR) is 173 cm³/mol. The van der Waals surface area contributed by atoms with E-state index in [2.05, 4.69) is 0 Å². The van der Waals surface area contributed by atoms with E-state index in [-0.39, 0.29) is 18.0 Å². The minimum atomic E-state index is -1.80. The molecule has 0 spiro atoms. The lowest BCUT2D eigenvalue weighted by atomic mass is 9.96. The number of aliphatic hydroxyl groups is 1. The maximum absolute atomic E-state index is 14.7. The van der Waals surface area contributed by atoms with Gasteiger partial charge in [-0.15, -0.1) is 0 Å². The quantitative estimate of drug-likeness (QED) is 0.307. The van der Waals surface area contributed by atoms with Crippen molar-refractivity contribution in [2.75, 3.05) is 7.11 Å². The van der Waals surface area contributed by atoms with Crippen molar-refractivity contribution in [1.29, 1.82) is 0 Å². The van der Waals surface area contributed by atoms with E-state index in [1.165, 1.54) is 23.9 Å². The smallest absolute Gasteiger partial charge is 0.337 e. The molecule has 1 heterocycles. The highest BCUT2D eigenvalue weighted by Crippen LogP contribution is 2.34. The lowest BCUT2D eigenvalue weighted by molar-refractivity contribution is -0.177. The summed E-state index contributed by atoms with van der Waals surface area (Å²) in [7, 11) is 1.53. The van der Waals surface area contributed by atoms with E-state index in [9.17, 15) is 24.3 Å². The van der Waals surface area contributed by atoms with E-state index in [1.54, 1.807) is 68.6 Å². The first-order valence-electron chi connectivity index (χ1n) is 15.2. The molecule has 46 heavy (non-hydrogen) atoms. The molecule has 0 aliphatic carbocycles. The largest absolute Gasteiger partial charge is 0.497 e. The minimum Gasteiger partial charge on any atom is -0.497 e. The van der Waals surface area contributed by atoms with E-state index < -0.39 is 48.0 Å². The molecule has 2 unspecified atom stereocenters. The van der Waals surface area contributed by atoms with E-state index in [4.69, 9.17) is 9.47 Å². The third-order valence-corrected chi connectivity index (χ3v) is 7.62. The normalized spacial score (nSPS) is 16.2. The summed E-state index contributed by atoms with van der Waals surface area (Å²) in [6.07, 6.45) is -0.735. The lowest BCUT2D eigenvalue weighted by Crippen LogP contribution is -2.64. The highest BCUT2D eigenvalue weighted by Gasteiger charge is 2.47. The highest BCUT2D eigenvalue weighted by atomic mass is 16.6. The SMILES string of the molecule is COc1ccc(C(=O)N2C=C(c3ccccc3)N(N(C(C)=O)[C@@H](Cc3ccccc3)C(O)C(=O)OC(C)C)C(=O)C2C(C)C)cc1. The van der Waals surface area contributed by atoms with Gasteiger partial charge in [0.25, 0.3) is 11.8 Å². The molecule has 1 N–H and O–H groups in total. The number of carbonyl (C=O) groups is 4. The van der Waals surface area contributed by atoms with Crippen LogP contribution >= 0.6 is 0 Å². The van der Waals surface area contributed by atoms with Gasteiger partial charge in [0.2, 0.25) is 5.91 Å². The summed E-state index contributed by atoms with van der Waals surface area (Å²) in [4.78, 5) is 57.0. The van der Waals surface area contributed by atoms with Crippen molar-refractivity contribution >= 4 is 29.4 Å². The van der Waals surface area contributed by atoms with Gasteiger partial charge in [-0.1, -0.05) is 74.5 Å². The average Bonchev–Trinajstić information content (AvgIpc) is 3.04. The van der Waals surface area contributed by atoms with Crippen LogP contribution in [0.1, 0.15) is 56.1 Å². The molecule has 3 aromatic carbocycles. The maximum atomic E-state index is 14.7. The first-order chi connectivity index (χ1) is 21.9. The Kier molecular flexibility index (Phi) is 11.0. The molecule has 0 radical (unpaired) electrons. The van der Waals surface area contributed by atoms with Gasteiger partial charge in [-0.05, 0) is 56.0 Å². The van der Waals surface area contributed by atoms with Crippen LogP contribution < -0.4 is 4.74 Å². The van der Waals surface area contributed by atoms with Crippen molar-refractivity contribution in [3.8, 4) is 5.75 Å². The summed E-state index contributed by atoms with van der Waals surface area (Å²) < 4.78 is 10.6. The van der Waals surface area contributed by atoms with E-state index in [0.29, 0.717) is 16.9 Å². The van der Waals surface area contributed by atoms with Gasteiger partial charge < -0.3 is 14.6 Å². The number of hydrogen-bond donors (Lipinski definition) is 1. The van der Waals surface area contributed by atoms with Crippen LogP contribution in [0.3, 0.4) is 0 Å². The van der Waals surface area contributed by atoms with Crippen LogP contribution in [0, 0.1) is 5.92 Å². The zero-order valence-electron chi connectivity index (χ0n) is 27.0. The Balaban J connectivity index is 1.92. The molecule has 10 nitrogen and oxygen atoms in total. The Morgan fingerprint density at radius 2 is 1.48 bits per heavy atom. The second-order valence-corrected chi connectivity index (χ2v) is 11.7. The predicted octanol–water partition coefficient (Wildman–Crippen LogP) is 4.69. The van der Waals surface area contributed by atoms with Crippen molar-refractivity contribution in [2.45, 2.75) is 65.3 Å². The Hall–Kier alpha value is -4.96. The molecule has 3 amide bonds. The van der Waals surface area contributed by atoms with Crippen molar-refractivity contribution in [3.63, 3.8) is 0 Å². The molecular formula is C36H41N3O7. The number of carbonyl (C=O) groups excluding carboxylic acids is 4. The van der Waals surface area contributed by atoms with Crippen LogP contribution in [0.25, 0.3) is 5.70 Å². The zero-order chi connectivity index (χ0) is 33.5. The molecule has 0 saturated carbocycles. The molecule has 10 heteroatoms. The molecule has 0 bridgehead atoms. The van der Waals surface area contributed by atoms with Gasteiger partial charge in [0, 0.05) is 24.3 Å². The van der Waals surface area contributed by atoms with Crippen LogP contribution in [0.4, 0.5) is 0 Å². The summed E-state index contributed by atoms with van der Waals surface area (Å²) in [5.41, 5.74) is 1.83. The van der Waals surface area contributed by atoms with E-state index >= 15 is 0 Å². The number of rotatable bonds is 11. The van der Waals surface area contributed by atoms with Crippen molar-refractivity contribution in [2.24, 2.45) is 5.92 Å². The number of aliphatic hydroxyl groups excluding tert-OH is 1. The van der Waals surface area contributed by atoms with Gasteiger partial charge in [0.1, 0.15) is 11.8 Å². The van der Waals surface area contributed by atoms with E-state index in [1.807, 2.05) is 50.2 Å². The summed E-state index contributed by atoms with van der Waals surface area (Å²) in [5, 5.41) is 13.8. The monoisotopic (exact) mass is 627 g/mol. The lowest BCUT2D eigenvalue weighted by Gasteiger charge is -2.47. The first kappa shape index (κ1) is 33.9. The van der Waals surface area contributed by atoms with Gasteiger partial charge in [0.15, 0.2) is 6.10 Å². The van der Waals surface area contributed by atoms with Crippen molar-refractivity contribution in [3.05, 3.63) is 108 Å². The van der Waals surface area contributed by atoms with Crippen LogP contribution in [0.5, 0.6) is 5.75 Å². The first-order valence-corrected chi connectivity index (χ1v) is 15.2. The molecular weight excluding hydrogens is 586 g/mol. The number of esters is 1. The number of hydrazine groups is 1. The zero-order valence-corrected chi connectivity index (χ0v) is 27.0. The minimum absolute atomic E-state index is 0.0292. The Morgan fingerprint density at radius 1 is 0.891 bits per heavy atom. The summed E-state index contributed by atoms with van der Waals surface area (Å²) in [6.45, 7) is 8.21. The molecule has 0 fully saturated rings. The van der Waals surface area contributed by atoms with Crippen LogP contribution in [0.2, 0.25) is 0 Å². The van der Waals surface area contributed by atoms with Gasteiger partial charge in [-0.25, -0.2) is 14.8 Å². The van der Waals surface area contributed by atoms with Gasteiger partial charge in [0.05, 0.1) is 25.0 Å². The second kappa shape index (κ2) is 14.9. The summed E-state index contributed by atoms with van der Waals surface area (Å²) in [5.74, 6) is -2.31. The third-order valence-electron chi connectivity index (χ3n) is 7.62. The highest BCUT2D eigenvalue weighted by molar-refractivity contribution is 6.03. The average molecular weight is 628 g/mol. The summed E-state index contributed by atoms with van der Waals surface area (Å²) in [6, 6.07) is 22.3. The fourth-order valence-corrected chi connectivity index (χ4v) is 5.50. The number of nitrogens with zero attached hydrogens (tertiary/aromatic N) is 3. The Morgan fingerprint density at radius 3 is 2.00 bits per heavy atom. The molecule has 1 aliphatic rings. The van der Waals surface area contributed by atoms with Crippen molar-refractivity contribution < 1.29 is 33.8 Å². The van der Waals surface area contributed by atoms with E-state index in [0.717, 1.165) is 10.6 Å². The molecule has 0 aromatic heterocycles. The molecule has 4 rings (SSSR count). The van der Waals surface area contributed by atoms with Gasteiger partial charge in [-0.3, -0.25) is 19.3 Å². The van der Waals surface area contributed by atoms with Crippen molar-refractivity contribution in [1.82, 2.24) is 14.9 Å². The number of methoxy groups -OCH3 is 1. The van der Waals surface area contributed by atoms with Crippen LogP contribution in [-0.2, 0) is 25.5 Å². The number of benzene rings is 3. The van der Waals surface area contributed by atoms with Gasteiger partial charge >= 0.3 is 5.97 Å². The molecule has 3 atom stereocenters. The standard InChI is InChI=1S/C36H41N3O7/c1-23(2)32-35(43)39(38(25(5)40)30(21-26-13-9-7-10-14-26)33(41)36(44)46-24(3)4)31(27-15-11-8-12-16-27)22-37(32)34(42)28-17-19-29(45-6)20-18-28/h7-20,22-24,30,32-33,41H,21H2,1-6H3/t30-,32?,33?/m0/s1. The fourth-order valence-electron chi connectivity index (χ4n) is 5.50. The van der Waals surface area contributed by atoms with Crippen LogP contribution in [-0.4, -0.2) is 75.1 Å². The molecule has 242 valence electrons. The van der Waals surface area contributed by atoms with Crippen LogP contribution in [0.15, 0.2) is 91.1 Å². The second-order valence-electron chi connectivity index (χ2n) is 11.7. The maximum Gasteiger partial charge on any atom is 0.337 e. The van der Waals surface area contributed by atoms with Gasteiger partial charge in [-0.2, -0.15) is 0 Å². The molecule has 3 aromatic rings. The number of amides is 3. The summed E-state index contributed by atoms with van der Waals surface area (Å²) >= 11 is 0. The third kappa shape index (κ3) is 7.46. The molecule has 0 saturated heterocycles. The number of hydrogen-bond acceptors (Lipinski definition) is 7. The Bertz CT molecular complexity index is 1560. The fraction of sp³-hybridized carbons (Fsp3) is 0.333. The topological polar surface area (TPSA) is 117 Å². The Labute approximate surface area is 269 Å². The molecule has 1 aliphatic heterocycles. The number of ether oxygens (including phenoxy) is 2.